The fraction of sp³-hybridized carbons (Fsp3) is 0.412. The van der Waals surface area contributed by atoms with Gasteiger partial charge in [0, 0.05) is 17.8 Å². The highest BCUT2D eigenvalue weighted by molar-refractivity contribution is 8.00. The quantitative estimate of drug-likeness (QED) is 0.787. The molecule has 2 fully saturated rings. The van der Waals surface area contributed by atoms with Crippen LogP contribution in [-0.4, -0.2) is 33.6 Å². The lowest BCUT2D eigenvalue weighted by Crippen LogP contribution is -2.50. The first-order valence-electron chi connectivity index (χ1n) is 7.93. The van der Waals surface area contributed by atoms with Crippen molar-refractivity contribution in [1.29, 1.82) is 0 Å². The lowest BCUT2D eigenvalue weighted by Gasteiger charge is -2.41. The summed E-state index contributed by atoms with van der Waals surface area (Å²) in [4.78, 5) is 15.4. The number of thioether (sulfide) groups is 1. The Bertz CT molecular complexity index is 842. The van der Waals surface area contributed by atoms with Crippen LogP contribution in [0.2, 0.25) is 0 Å². The fourth-order valence-corrected chi connectivity index (χ4v) is 5.09. The number of aromatic nitrogens is 2. The molecule has 6 nitrogen and oxygen atoms in total. The van der Waals surface area contributed by atoms with Crippen LogP contribution in [0.5, 0.6) is 6.01 Å². The molecule has 0 aliphatic carbocycles. The maximum Gasteiger partial charge on any atom is 0.301 e. The van der Waals surface area contributed by atoms with Crippen LogP contribution in [0.25, 0.3) is 0 Å². The Morgan fingerprint density at radius 2 is 2.08 bits per heavy atom. The topological polar surface area (TPSA) is 62.6 Å². The number of nitrogens with zero attached hydrogens (tertiary/aromatic N) is 2. The summed E-state index contributed by atoms with van der Waals surface area (Å²) in [6, 6.07) is 11.8. The molecule has 2 aromatic rings. The second kappa shape index (κ2) is 5.08. The second-order valence-electron chi connectivity index (χ2n) is 6.31. The highest BCUT2D eigenvalue weighted by Gasteiger charge is 2.56. The van der Waals surface area contributed by atoms with Gasteiger partial charge in [0.15, 0.2) is 11.9 Å². The average molecular weight is 344 g/mol. The lowest BCUT2D eigenvalue weighted by atomic mass is 10.0. The van der Waals surface area contributed by atoms with E-state index in [9.17, 15) is 4.79 Å². The molecule has 1 aromatic carbocycles. The van der Waals surface area contributed by atoms with Crippen molar-refractivity contribution in [2.24, 2.45) is 0 Å². The van der Waals surface area contributed by atoms with Crippen LogP contribution < -0.4 is 10.3 Å². The molecule has 3 aliphatic rings. The van der Waals surface area contributed by atoms with E-state index < -0.39 is 5.79 Å². The molecule has 0 radical (unpaired) electrons. The van der Waals surface area contributed by atoms with E-state index in [1.807, 2.05) is 41.8 Å². The third kappa shape index (κ3) is 2.05. The summed E-state index contributed by atoms with van der Waals surface area (Å²) >= 11 is 1.76. The molecule has 4 heterocycles. The molecule has 1 aromatic heterocycles. The Balaban J connectivity index is 1.46. The SMILES string of the molecule is CC1(c2ccccc2)OC[C@H]2S[C@@H]3[C@@H](Oc4nc(=O)ccn43)[C@@H]2O1. The summed E-state index contributed by atoms with van der Waals surface area (Å²) in [7, 11) is 0. The van der Waals surface area contributed by atoms with Gasteiger partial charge in [-0.1, -0.05) is 30.3 Å². The molecule has 124 valence electrons. The van der Waals surface area contributed by atoms with Crippen molar-refractivity contribution >= 4 is 11.8 Å². The minimum Gasteiger partial charge on any atom is -0.455 e. The van der Waals surface area contributed by atoms with Gasteiger partial charge in [-0.15, -0.1) is 11.8 Å². The summed E-state index contributed by atoms with van der Waals surface area (Å²) in [6.45, 7) is 2.54. The maximum absolute atomic E-state index is 11.5. The van der Waals surface area contributed by atoms with Crippen LogP contribution >= 0.6 is 11.8 Å². The van der Waals surface area contributed by atoms with Crippen molar-refractivity contribution in [1.82, 2.24) is 9.55 Å². The van der Waals surface area contributed by atoms with E-state index in [-0.39, 0.29) is 28.4 Å². The largest absolute Gasteiger partial charge is 0.455 e. The normalized spacial score (nSPS) is 36.5. The number of fused-ring (bicyclic) bond motifs is 5. The third-order valence-electron chi connectivity index (χ3n) is 4.79. The van der Waals surface area contributed by atoms with Gasteiger partial charge in [-0.05, 0) is 6.92 Å². The lowest BCUT2D eigenvalue weighted by molar-refractivity contribution is -0.298. The summed E-state index contributed by atoms with van der Waals surface area (Å²) in [5.74, 6) is -0.794. The Labute approximate surface area is 142 Å². The van der Waals surface area contributed by atoms with E-state index in [4.69, 9.17) is 14.2 Å². The zero-order chi connectivity index (χ0) is 16.3. The maximum atomic E-state index is 11.5. The predicted molar refractivity (Wildman–Crippen MR) is 87.9 cm³/mol. The zero-order valence-corrected chi connectivity index (χ0v) is 13.8. The molecule has 2 saturated heterocycles. The van der Waals surface area contributed by atoms with Crippen molar-refractivity contribution in [3.8, 4) is 6.01 Å². The third-order valence-corrected chi connectivity index (χ3v) is 6.32. The van der Waals surface area contributed by atoms with Gasteiger partial charge in [-0.2, -0.15) is 4.98 Å². The van der Waals surface area contributed by atoms with Crippen LogP contribution in [0.15, 0.2) is 47.4 Å². The van der Waals surface area contributed by atoms with E-state index in [0.29, 0.717) is 12.6 Å². The Hall–Kier alpha value is -1.83. The van der Waals surface area contributed by atoms with Crippen LogP contribution in [0.4, 0.5) is 0 Å². The van der Waals surface area contributed by atoms with E-state index in [0.717, 1.165) is 5.56 Å². The molecular weight excluding hydrogens is 328 g/mol. The van der Waals surface area contributed by atoms with Gasteiger partial charge in [-0.25, -0.2) is 0 Å². The minimum absolute atomic E-state index is 0.0600. The molecule has 0 spiro atoms. The molecule has 5 atom stereocenters. The molecule has 0 saturated carbocycles. The van der Waals surface area contributed by atoms with Crippen LogP contribution in [0.3, 0.4) is 0 Å². The van der Waals surface area contributed by atoms with Gasteiger partial charge >= 0.3 is 6.01 Å². The first kappa shape index (κ1) is 14.5. The van der Waals surface area contributed by atoms with Crippen molar-refractivity contribution in [2.45, 2.75) is 35.5 Å². The van der Waals surface area contributed by atoms with Crippen molar-refractivity contribution in [3.63, 3.8) is 0 Å². The molecule has 0 bridgehead atoms. The Morgan fingerprint density at radius 1 is 1.25 bits per heavy atom. The Kier molecular flexibility index (Phi) is 3.07. The van der Waals surface area contributed by atoms with Gasteiger partial charge in [0.25, 0.3) is 5.56 Å². The molecule has 3 aliphatic heterocycles. The second-order valence-corrected chi connectivity index (χ2v) is 7.67. The van der Waals surface area contributed by atoms with Crippen molar-refractivity contribution in [3.05, 3.63) is 58.5 Å². The van der Waals surface area contributed by atoms with E-state index in [2.05, 4.69) is 4.98 Å². The van der Waals surface area contributed by atoms with Crippen LogP contribution in [-0.2, 0) is 15.3 Å². The number of benzene rings is 1. The van der Waals surface area contributed by atoms with Crippen molar-refractivity contribution in [2.75, 3.05) is 6.61 Å². The standard InChI is InChI=1S/C17H16N2O4S/c1-17(10-5-3-2-4-6-10)21-9-11-13(23-17)14-15(24-11)19-8-7-12(20)18-16(19)22-14/h2-8,11,13-15H,9H2,1H3/t11-,13-,14+,15-,17?/m1/s1. The monoisotopic (exact) mass is 344 g/mol. The number of hydrogen-bond donors (Lipinski definition) is 0. The summed E-state index contributed by atoms with van der Waals surface area (Å²) in [6.07, 6.45) is 1.47. The number of rotatable bonds is 1. The molecule has 1 unspecified atom stereocenters. The number of ether oxygens (including phenoxy) is 3. The smallest absolute Gasteiger partial charge is 0.301 e. The minimum atomic E-state index is -0.794. The summed E-state index contributed by atoms with van der Waals surface area (Å²) < 4.78 is 20.3. The first-order chi connectivity index (χ1) is 11.6. The van der Waals surface area contributed by atoms with Gasteiger partial charge in [0.2, 0.25) is 0 Å². The Morgan fingerprint density at radius 3 is 2.92 bits per heavy atom. The zero-order valence-electron chi connectivity index (χ0n) is 13.0. The van der Waals surface area contributed by atoms with Crippen LogP contribution in [0, 0.1) is 0 Å². The first-order valence-corrected chi connectivity index (χ1v) is 8.87. The van der Waals surface area contributed by atoms with E-state index >= 15 is 0 Å². The molecule has 0 N–H and O–H groups in total. The fourth-order valence-electron chi connectivity index (χ4n) is 3.56. The molecule has 5 rings (SSSR count). The molecular formula is C17H16N2O4S. The van der Waals surface area contributed by atoms with Gasteiger partial charge in [0.1, 0.15) is 11.5 Å². The predicted octanol–water partition coefficient (Wildman–Crippen LogP) is 1.91. The molecule has 7 heteroatoms. The summed E-state index contributed by atoms with van der Waals surface area (Å²) in [5.41, 5.74) is 0.699. The highest BCUT2D eigenvalue weighted by Crippen LogP contribution is 2.53. The van der Waals surface area contributed by atoms with Crippen molar-refractivity contribution < 1.29 is 14.2 Å². The highest BCUT2D eigenvalue weighted by atomic mass is 32.2. The molecule has 0 amide bonds. The van der Waals surface area contributed by atoms with E-state index in [1.165, 1.54) is 6.07 Å². The number of hydrogen-bond acceptors (Lipinski definition) is 6. The van der Waals surface area contributed by atoms with Gasteiger partial charge < -0.3 is 14.2 Å². The molecule has 24 heavy (non-hydrogen) atoms. The van der Waals surface area contributed by atoms with Crippen LogP contribution in [0.1, 0.15) is 17.9 Å². The summed E-state index contributed by atoms with van der Waals surface area (Å²) in [5, 5.41) is 0.259. The average Bonchev–Trinajstić information content (AvgIpc) is 3.11. The van der Waals surface area contributed by atoms with Gasteiger partial charge in [0.05, 0.1) is 11.9 Å². The van der Waals surface area contributed by atoms with E-state index in [1.54, 1.807) is 18.0 Å². The van der Waals surface area contributed by atoms with Gasteiger partial charge in [-0.3, -0.25) is 9.36 Å².